The summed E-state index contributed by atoms with van der Waals surface area (Å²) in [6, 6.07) is 6.94. The third-order valence-corrected chi connectivity index (χ3v) is 2.14. The first-order valence-electron chi connectivity index (χ1n) is 5.02. The first-order valence-corrected chi connectivity index (χ1v) is 5.02. The van der Waals surface area contributed by atoms with Gasteiger partial charge in [0.2, 0.25) is 5.89 Å². The SMILES string of the molecule is CNCc1noc(Cc2ccc(O)cc2)n1. The van der Waals surface area contributed by atoms with Gasteiger partial charge in [0.1, 0.15) is 5.75 Å². The Labute approximate surface area is 93.1 Å². The molecule has 0 aliphatic carbocycles. The summed E-state index contributed by atoms with van der Waals surface area (Å²) in [6.07, 6.45) is 0.580. The predicted molar refractivity (Wildman–Crippen MR) is 58.0 cm³/mol. The summed E-state index contributed by atoms with van der Waals surface area (Å²) in [4.78, 5) is 4.21. The summed E-state index contributed by atoms with van der Waals surface area (Å²) in [5.41, 5.74) is 1.03. The number of aromatic nitrogens is 2. The highest BCUT2D eigenvalue weighted by Gasteiger charge is 2.06. The molecule has 2 rings (SSSR count). The van der Waals surface area contributed by atoms with E-state index in [1.807, 2.05) is 19.2 Å². The Bertz CT molecular complexity index is 451. The molecule has 0 saturated carbocycles. The minimum atomic E-state index is 0.255. The molecule has 1 aromatic carbocycles. The van der Waals surface area contributed by atoms with Crippen LogP contribution in [-0.4, -0.2) is 22.3 Å². The van der Waals surface area contributed by atoms with Crippen LogP contribution in [0.25, 0.3) is 0 Å². The number of nitrogens with one attached hydrogen (secondary N) is 1. The Kier molecular flexibility index (Phi) is 3.16. The van der Waals surface area contributed by atoms with Gasteiger partial charge in [-0.1, -0.05) is 17.3 Å². The lowest BCUT2D eigenvalue weighted by molar-refractivity contribution is 0.378. The zero-order valence-corrected chi connectivity index (χ0v) is 8.97. The van der Waals surface area contributed by atoms with Crippen molar-refractivity contribution in [2.45, 2.75) is 13.0 Å². The van der Waals surface area contributed by atoms with Gasteiger partial charge >= 0.3 is 0 Å². The summed E-state index contributed by atoms with van der Waals surface area (Å²) in [6.45, 7) is 0.596. The van der Waals surface area contributed by atoms with E-state index in [9.17, 15) is 0 Å². The summed E-state index contributed by atoms with van der Waals surface area (Å²) in [5, 5.41) is 15.9. The van der Waals surface area contributed by atoms with Crippen molar-refractivity contribution in [2.24, 2.45) is 0 Å². The normalized spacial score (nSPS) is 10.6. The third-order valence-electron chi connectivity index (χ3n) is 2.14. The van der Waals surface area contributed by atoms with Crippen LogP contribution in [0.2, 0.25) is 0 Å². The van der Waals surface area contributed by atoms with Gasteiger partial charge < -0.3 is 14.9 Å². The maximum atomic E-state index is 9.14. The number of rotatable bonds is 4. The maximum absolute atomic E-state index is 9.14. The molecule has 0 spiro atoms. The van der Waals surface area contributed by atoms with Crippen molar-refractivity contribution in [1.29, 1.82) is 0 Å². The molecule has 0 bridgehead atoms. The van der Waals surface area contributed by atoms with Gasteiger partial charge in [0, 0.05) is 0 Å². The van der Waals surface area contributed by atoms with E-state index in [-0.39, 0.29) is 5.75 Å². The van der Waals surface area contributed by atoms with Gasteiger partial charge in [0.25, 0.3) is 0 Å². The molecule has 0 saturated heterocycles. The van der Waals surface area contributed by atoms with Crippen molar-refractivity contribution in [1.82, 2.24) is 15.5 Å². The first kappa shape index (κ1) is 10.6. The molecule has 1 heterocycles. The molecule has 5 heteroatoms. The van der Waals surface area contributed by atoms with Gasteiger partial charge in [-0.2, -0.15) is 4.98 Å². The molecule has 16 heavy (non-hydrogen) atoms. The van der Waals surface area contributed by atoms with Crippen molar-refractivity contribution in [3.63, 3.8) is 0 Å². The van der Waals surface area contributed by atoms with Crippen LogP contribution in [0, 0.1) is 0 Å². The predicted octanol–water partition coefficient (Wildman–Crippen LogP) is 1.09. The summed E-state index contributed by atoms with van der Waals surface area (Å²) < 4.78 is 5.09. The lowest BCUT2D eigenvalue weighted by Gasteiger charge is -1.96. The number of phenols is 1. The molecule has 0 unspecified atom stereocenters. The number of hydrogen-bond donors (Lipinski definition) is 2. The van der Waals surface area contributed by atoms with E-state index >= 15 is 0 Å². The number of benzene rings is 1. The largest absolute Gasteiger partial charge is 0.508 e. The van der Waals surface area contributed by atoms with E-state index in [4.69, 9.17) is 9.63 Å². The van der Waals surface area contributed by atoms with Crippen molar-refractivity contribution in [3.8, 4) is 5.75 Å². The van der Waals surface area contributed by atoms with Crippen LogP contribution in [0.4, 0.5) is 0 Å². The fraction of sp³-hybridized carbons (Fsp3) is 0.273. The zero-order valence-electron chi connectivity index (χ0n) is 8.97. The molecule has 5 nitrogen and oxygen atoms in total. The molecule has 0 radical (unpaired) electrons. The van der Waals surface area contributed by atoms with E-state index in [0.29, 0.717) is 24.7 Å². The Morgan fingerprint density at radius 1 is 1.31 bits per heavy atom. The fourth-order valence-corrected chi connectivity index (χ4v) is 1.38. The molecular formula is C11H13N3O2. The van der Waals surface area contributed by atoms with Crippen LogP contribution in [-0.2, 0) is 13.0 Å². The van der Waals surface area contributed by atoms with E-state index in [1.54, 1.807) is 12.1 Å². The van der Waals surface area contributed by atoms with Crippen molar-refractivity contribution < 1.29 is 9.63 Å². The number of nitrogens with zero attached hydrogens (tertiary/aromatic N) is 2. The number of phenolic OH excluding ortho intramolecular Hbond substituents is 1. The Balaban J connectivity index is 2.05. The molecule has 84 valence electrons. The van der Waals surface area contributed by atoms with Gasteiger partial charge in [-0.25, -0.2) is 0 Å². The Morgan fingerprint density at radius 3 is 2.75 bits per heavy atom. The van der Waals surface area contributed by atoms with Crippen molar-refractivity contribution in [2.75, 3.05) is 7.05 Å². The lowest BCUT2D eigenvalue weighted by atomic mass is 10.1. The van der Waals surface area contributed by atoms with Crippen molar-refractivity contribution >= 4 is 0 Å². The smallest absolute Gasteiger partial charge is 0.231 e. The molecule has 0 aliphatic heterocycles. The Hall–Kier alpha value is -1.88. The fourth-order valence-electron chi connectivity index (χ4n) is 1.38. The topological polar surface area (TPSA) is 71.2 Å². The van der Waals surface area contributed by atoms with E-state index < -0.39 is 0 Å². The van der Waals surface area contributed by atoms with Crippen LogP contribution >= 0.6 is 0 Å². The summed E-state index contributed by atoms with van der Waals surface area (Å²) in [5.74, 6) is 1.48. The van der Waals surface area contributed by atoms with Crippen LogP contribution in [0.15, 0.2) is 28.8 Å². The van der Waals surface area contributed by atoms with Crippen LogP contribution in [0.1, 0.15) is 17.3 Å². The molecule has 2 aromatic rings. The number of aromatic hydroxyl groups is 1. The lowest BCUT2D eigenvalue weighted by Crippen LogP contribution is -2.06. The molecule has 2 N–H and O–H groups in total. The molecule has 0 fully saturated rings. The average molecular weight is 219 g/mol. The third kappa shape index (κ3) is 2.58. The monoisotopic (exact) mass is 219 g/mol. The number of hydrogen-bond acceptors (Lipinski definition) is 5. The summed E-state index contributed by atoms with van der Waals surface area (Å²) in [7, 11) is 1.83. The van der Waals surface area contributed by atoms with E-state index in [2.05, 4.69) is 15.5 Å². The minimum absolute atomic E-state index is 0.255. The van der Waals surface area contributed by atoms with Gasteiger partial charge in [-0.15, -0.1) is 0 Å². The van der Waals surface area contributed by atoms with E-state index in [0.717, 1.165) is 5.56 Å². The van der Waals surface area contributed by atoms with Crippen molar-refractivity contribution in [3.05, 3.63) is 41.5 Å². The van der Waals surface area contributed by atoms with Gasteiger partial charge in [0.05, 0.1) is 13.0 Å². The molecular weight excluding hydrogens is 206 g/mol. The highest BCUT2D eigenvalue weighted by atomic mass is 16.5. The summed E-state index contributed by atoms with van der Waals surface area (Å²) >= 11 is 0. The highest BCUT2D eigenvalue weighted by molar-refractivity contribution is 5.27. The van der Waals surface area contributed by atoms with Crippen LogP contribution in [0.3, 0.4) is 0 Å². The Morgan fingerprint density at radius 2 is 2.06 bits per heavy atom. The second kappa shape index (κ2) is 4.76. The van der Waals surface area contributed by atoms with Gasteiger partial charge in [-0.05, 0) is 24.7 Å². The minimum Gasteiger partial charge on any atom is -0.508 e. The van der Waals surface area contributed by atoms with Gasteiger partial charge in [-0.3, -0.25) is 0 Å². The average Bonchev–Trinajstić information content (AvgIpc) is 2.70. The second-order valence-electron chi connectivity index (χ2n) is 3.48. The maximum Gasteiger partial charge on any atom is 0.231 e. The molecule has 1 aromatic heterocycles. The highest BCUT2D eigenvalue weighted by Crippen LogP contribution is 2.12. The van der Waals surface area contributed by atoms with Gasteiger partial charge in [0.15, 0.2) is 5.82 Å². The zero-order chi connectivity index (χ0) is 11.4. The first-order chi connectivity index (χ1) is 7.78. The van der Waals surface area contributed by atoms with Crippen LogP contribution < -0.4 is 5.32 Å². The molecule has 0 amide bonds. The van der Waals surface area contributed by atoms with Crippen LogP contribution in [0.5, 0.6) is 5.75 Å². The standard InChI is InChI=1S/C11H13N3O2/c1-12-7-10-13-11(16-14-10)6-8-2-4-9(15)5-3-8/h2-5,12,15H,6-7H2,1H3. The van der Waals surface area contributed by atoms with E-state index in [1.165, 1.54) is 0 Å². The quantitative estimate of drug-likeness (QED) is 0.805. The second-order valence-corrected chi connectivity index (χ2v) is 3.48. The molecule has 0 atom stereocenters. The molecule has 0 aliphatic rings.